The van der Waals surface area contributed by atoms with Crippen LogP contribution in [-0.2, 0) is 21.7 Å². The molecule has 0 saturated heterocycles. The largest absolute Gasteiger partial charge is 0.310 e. The van der Waals surface area contributed by atoms with Crippen LogP contribution in [0.5, 0.6) is 0 Å². The van der Waals surface area contributed by atoms with E-state index in [1.54, 1.807) is 11.1 Å². The van der Waals surface area contributed by atoms with Crippen LogP contribution >= 0.6 is 0 Å². The summed E-state index contributed by atoms with van der Waals surface area (Å²) in [6, 6.07) is 59.3. The lowest BCUT2D eigenvalue weighted by molar-refractivity contribution is -0.0399. The van der Waals surface area contributed by atoms with Gasteiger partial charge in [0.05, 0.1) is 5.69 Å². The number of nitrogens with zero attached hydrogens (tertiary/aromatic N) is 1. The van der Waals surface area contributed by atoms with Crippen molar-refractivity contribution in [1.82, 2.24) is 0 Å². The summed E-state index contributed by atoms with van der Waals surface area (Å²) in [6.07, 6.45) is 9.52. The predicted octanol–water partition coefficient (Wildman–Crippen LogP) is 16.9. The van der Waals surface area contributed by atoms with Crippen LogP contribution in [-0.4, -0.2) is 0 Å². The van der Waals surface area contributed by atoms with E-state index in [4.69, 9.17) is 0 Å². The molecule has 1 nitrogen and oxygen atoms in total. The fraction of sp³-hybridized carbons (Fsp3) is 0.333. The monoisotopic (exact) mass is 831 g/mol. The topological polar surface area (TPSA) is 3.24 Å². The van der Waals surface area contributed by atoms with Crippen molar-refractivity contribution in [2.24, 2.45) is 23.7 Å². The second-order valence-corrected chi connectivity index (χ2v) is 22.8. The number of anilines is 3. The molecule has 0 amide bonds. The fourth-order valence-electron chi connectivity index (χ4n) is 15.2. The van der Waals surface area contributed by atoms with Gasteiger partial charge in [0.25, 0.3) is 0 Å². The zero-order valence-corrected chi connectivity index (χ0v) is 38.6. The van der Waals surface area contributed by atoms with Gasteiger partial charge in [-0.1, -0.05) is 163 Å². The molecule has 7 aliphatic carbocycles. The summed E-state index contributed by atoms with van der Waals surface area (Å²) < 4.78 is 0. The number of fused-ring (bicyclic) bond motifs is 7. The lowest BCUT2D eigenvalue weighted by atomic mass is 9.43. The molecule has 4 bridgehead atoms. The van der Waals surface area contributed by atoms with Gasteiger partial charge >= 0.3 is 0 Å². The first kappa shape index (κ1) is 38.8. The van der Waals surface area contributed by atoms with Gasteiger partial charge in [-0.25, -0.2) is 0 Å². The number of hydrogen-bond acceptors (Lipinski definition) is 1. The number of benzene rings is 7. The highest BCUT2D eigenvalue weighted by Crippen LogP contribution is 2.70. The summed E-state index contributed by atoms with van der Waals surface area (Å²) in [5.74, 6) is 3.39. The smallest absolute Gasteiger partial charge is 0.0540 e. The second-order valence-electron chi connectivity index (χ2n) is 22.8. The maximum absolute atomic E-state index is 2.54. The third-order valence-corrected chi connectivity index (χ3v) is 18.1. The molecule has 4 fully saturated rings. The quantitative estimate of drug-likeness (QED) is 0.167. The third kappa shape index (κ3) is 5.31. The Morgan fingerprint density at radius 3 is 1.69 bits per heavy atom. The lowest BCUT2D eigenvalue weighted by Gasteiger charge is -2.61. The lowest BCUT2D eigenvalue weighted by Crippen LogP contribution is -2.55. The molecule has 7 aliphatic rings. The molecule has 0 radical (unpaired) electrons. The van der Waals surface area contributed by atoms with Gasteiger partial charge in [0, 0.05) is 27.8 Å². The maximum atomic E-state index is 2.54. The van der Waals surface area contributed by atoms with Crippen molar-refractivity contribution in [1.29, 1.82) is 0 Å². The molecule has 64 heavy (non-hydrogen) atoms. The average molecular weight is 832 g/mol. The second kappa shape index (κ2) is 13.4. The van der Waals surface area contributed by atoms with Crippen LogP contribution in [0.1, 0.15) is 120 Å². The molecule has 0 unspecified atom stereocenters. The highest BCUT2D eigenvalue weighted by Gasteiger charge is 2.61. The molecule has 7 aromatic rings. The van der Waals surface area contributed by atoms with E-state index in [0.29, 0.717) is 0 Å². The molecule has 0 aromatic heterocycles. The van der Waals surface area contributed by atoms with Crippen LogP contribution in [0.15, 0.2) is 152 Å². The van der Waals surface area contributed by atoms with Gasteiger partial charge in [-0.3, -0.25) is 0 Å². The highest BCUT2D eigenvalue weighted by atomic mass is 15.1. The number of para-hydroxylation sites is 1. The summed E-state index contributed by atoms with van der Waals surface area (Å²) in [5, 5.41) is 0. The van der Waals surface area contributed by atoms with Crippen molar-refractivity contribution < 1.29 is 0 Å². The average Bonchev–Trinajstić information content (AvgIpc) is 3.73. The van der Waals surface area contributed by atoms with E-state index in [0.717, 1.165) is 23.7 Å². The predicted molar refractivity (Wildman–Crippen MR) is 268 cm³/mol. The zero-order chi connectivity index (χ0) is 43.3. The Hall–Kier alpha value is -5.66. The molecule has 4 saturated carbocycles. The van der Waals surface area contributed by atoms with Crippen molar-refractivity contribution in [2.75, 3.05) is 4.90 Å². The van der Waals surface area contributed by atoms with Gasteiger partial charge in [-0.15, -0.1) is 0 Å². The Morgan fingerprint density at radius 2 is 0.953 bits per heavy atom. The molecule has 1 spiro atoms. The van der Waals surface area contributed by atoms with Gasteiger partial charge in [-0.05, 0) is 182 Å². The van der Waals surface area contributed by atoms with Gasteiger partial charge in [0.15, 0.2) is 0 Å². The maximum Gasteiger partial charge on any atom is 0.0540 e. The van der Waals surface area contributed by atoms with Crippen LogP contribution in [0, 0.1) is 23.7 Å². The van der Waals surface area contributed by atoms with Crippen molar-refractivity contribution >= 4 is 17.1 Å². The molecule has 14 rings (SSSR count). The van der Waals surface area contributed by atoms with Crippen LogP contribution in [0.2, 0.25) is 0 Å². The molecule has 0 heterocycles. The normalized spacial score (nSPS) is 25.3. The van der Waals surface area contributed by atoms with Crippen molar-refractivity contribution in [2.45, 2.75) is 108 Å². The molecule has 0 N–H and O–H groups in total. The van der Waals surface area contributed by atoms with Crippen LogP contribution in [0.3, 0.4) is 0 Å². The van der Waals surface area contributed by atoms with Crippen LogP contribution in [0.4, 0.5) is 17.1 Å². The third-order valence-electron chi connectivity index (χ3n) is 18.1. The summed E-state index contributed by atoms with van der Waals surface area (Å²) >= 11 is 0. The summed E-state index contributed by atoms with van der Waals surface area (Å²) in [5.41, 5.74) is 23.9. The Bertz CT molecular complexity index is 3020. The molecule has 0 atom stereocenters. The first-order valence-corrected chi connectivity index (χ1v) is 24.6. The SMILES string of the molecule is CC1(C)CCC(C)(C)c2cc(-c3ccccc3N(c3ccc(-c4cccc5c4-c4ccccc4C54C5CC6CC(C5)CC4C6)cc3)c3ccc4c(c3)C(C)(C)c3ccccc3-4)ccc21. The van der Waals surface area contributed by atoms with E-state index in [1.165, 1.54) is 129 Å². The minimum atomic E-state index is -0.105. The highest BCUT2D eigenvalue weighted by molar-refractivity contribution is 5.95. The Balaban J connectivity index is 0.965. The molecular formula is C63H61N. The van der Waals surface area contributed by atoms with Gasteiger partial charge < -0.3 is 4.90 Å². The first-order chi connectivity index (χ1) is 30.9. The molecule has 1 heteroatoms. The van der Waals surface area contributed by atoms with Gasteiger partial charge in [-0.2, -0.15) is 0 Å². The van der Waals surface area contributed by atoms with Crippen molar-refractivity contribution in [3.63, 3.8) is 0 Å². The van der Waals surface area contributed by atoms with E-state index >= 15 is 0 Å². The number of rotatable bonds is 5. The molecule has 7 aromatic carbocycles. The minimum Gasteiger partial charge on any atom is -0.310 e. The molecule has 0 aliphatic heterocycles. The molecular weight excluding hydrogens is 771 g/mol. The van der Waals surface area contributed by atoms with E-state index in [1.807, 2.05) is 0 Å². The molecule has 318 valence electrons. The van der Waals surface area contributed by atoms with Crippen molar-refractivity contribution in [3.8, 4) is 44.5 Å². The summed E-state index contributed by atoms with van der Waals surface area (Å²) in [7, 11) is 0. The standard InChI is InChI=1S/C63H61N/c1-60(2)30-31-61(3,4)57-37-42(24-29-54(57)60)47-14-9-12-21-58(47)64(46-27-28-50-49-15-7-10-18-52(49)62(5,6)56(50)38-46)45-25-22-41(23-26-45)48-17-13-20-55-59(48)51-16-8-11-19-53(51)63(55)43-33-39-32-40(35-43)36-44(63)34-39/h7-29,37-40,43-44H,30-36H2,1-6H3. The summed E-state index contributed by atoms with van der Waals surface area (Å²) in [4.78, 5) is 2.54. The van der Waals surface area contributed by atoms with E-state index < -0.39 is 0 Å². The van der Waals surface area contributed by atoms with Gasteiger partial charge in [0.1, 0.15) is 0 Å². The van der Waals surface area contributed by atoms with Crippen LogP contribution < -0.4 is 4.90 Å². The first-order valence-electron chi connectivity index (χ1n) is 24.6. The van der Waals surface area contributed by atoms with Crippen LogP contribution in [0.25, 0.3) is 44.5 Å². The summed E-state index contributed by atoms with van der Waals surface area (Å²) in [6.45, 7) is 14.5. The number of hydrogen-bond donors (Lipinski definition) is 0. The Kier molecular flexibility index (Phi) is 8.15. The van der Waals surface area contributed by atoms with Gasteiger partial charge in [0.2, 0.25) is 0 Å². The van der Waals surface area contributed by atoms with E-state index in [-0.39, 0.29) is 21.7 Å². The van der Waals surface area contributed by atoms with E-state index in [9.17, 15) is 0 Å². The Labute approximate surface area is 381 Å². The minimum absolute atomic E-state index is 0.105. The fourth-order valence-corrected chi connectivity index (χ4v) is 15.2. The van der Waals surface area contributed by atoms with Crippen molar-refractivity contribution in [3.05, 3.63) is 185 Å². The Morgan fingerprint density at radius 1 is 0.391 bits per heavy atom. The zero-order valence-electron chi connectivity index (χ0n) is 38.6. The van der Waals surface area contributed by atoms with E-state index in [2.05, 4.69) is 198 Å².